The molecule has 28 heavy (non-hydrogen) atoms. The summed E-state index contributed by atoms with van der Waals surface area (Å²) in [4.78, 5) is 8.25. The van der Waals surface area contributed by atoms with Gasteiger partial charge in [0.1, 0.15) is 16.8 Å². The summed E-state index contributed by atoms with van der Waals surface area (Å²) in [6.45, 7) is 0. The minimum Gasteiger partial charge on any atom is -0.497 e. The molecule has 0 radical (unpaired) electrons. The lowest BCUT2D eigenvalue weighted by atomic mass is 10.1. The average Bonchev–Trinajstić information content (AvgIpc) is 2.71. The normalized spacial score (nSPS) is 11.1. The maximum Gasteiger partial charge on any atom is 0.417 e. The molecule has 0 saturated heterocycles. The lowest BCUT2D eigenvalue weighted by Crippen LogP contribution is -2.10. The van der Waals surface area contributed by atoms with E-state index in [-0.39, 0.29) is 10.7 Å². The third-order valence-electron chi connectivity index (χ3n) is 3.91. The molecule has 0 spiro atoms. The number of hydrogen-bond donors (Lipinski definition) is 0. The van der Waals surface area contributed by atoms with Crippen molar-refractivity contribution in [2.75, 3.05) is 7.11 Å². The highest BCUT2D eigenvalue weighted by atomic mass is 32.2. The van der Waals surface area contributed by atoms with Gasteiger partial charge in [-0.3, -0.25) is 4.98 Å². The van der Waals surface area contributed by atoms with Crippen LogP contribution in [0, 0.1) is 11.3 Å². The van der Waals surface area contributed by atoms with E-state index >= 15 is 0 Å². The molecule has 0 aliphatic carbocycles. The van der Waals surface area contributed by atoms with Crippen LogP contribution in [-0.4, -0.2) is 17.1 Å². The number of pyridine rings is 2. The maximum absolute atomic E-state index is 13.6. The van der Waals surface area contributed by atoms with Crippen LogP contribution in [0.3, 0.4) is 0 Å². The van der Waals surface area contributed by atoms with Crippen molar-refractivity contribution >= 4 is 11.8 Å². The van der Waals surface area contributed by atoms with E-state index in [0.29, 0.717) is 17.1 Å². The Morgan fingerprint density at radius 2 is 1.79 bits per heavy atom. The molecule has 2 aromatic heterocycles. The van der Waals surface area contributed by atoms with Crippen LogP contribution < -0.4 is 4.74 Å². The summed E-state index contributed by atoms with van der Waals surface area (Å²) in [6.07, 6.45) is -1.46. The molecule has 142 valence electrons. The Morgan fingerprint density at radius 3 is 2.36 bits per heavy atom. The van der Waals surface area contributed by atoms with Crippen molar-refractivity contribution in [3.05, 3.63) is 71.5 Å². The maximum atomic E-state index is 13.6. The third-order valence-corrected chi connectivity index (χ3v) is 4.96. The standard InChI is InChI=1S/C20H14F3N3OS/c1-27-15-4-2-14(3-5-15)18-10-17(20(21,22)23)16(11-24)19(26-18)28-12-13-6-8-25-9-7-13/h2-10H,12H2,1H3. The number of hydrogen-bond acceptors (Lipinski definition) is 5. The SMILES string of the molecule is COc1ccc(-c2cc(C(F)(F)F)c(C#N)c(SCc3ccncc3)n2)cc1. The molecule has 0 atom stereocenters. The summed E-state index contributed by atoms with van der Waals surface area (Å²) < 4.78 is 45.8. The monoisotopic (exact) mass is 401 g/mol. The molecule has 0 fully saturated rings. The van der Waals surface area contributed by atoms with Gasteiger partial charge in [0, 0.05) is 23.7 Å². The smallest absolute Gasteiger partial charge is 0.417 e. The predicted octanol–water partition coefficient (Wildman–Crippen LogP) is 5.33. The first kappa shape index (κ1) is 19.7. The number of rotatable bonds is 5. The number of ether oxygens (including phenoxy) is 1. The second-order valence-electron chi connectivity index (χ2n) is 5.72. The van der Waals surface area contributed by atoms with Crippen LogP contribution in [0.4, 0.5) is 13.2 Å². The van der Waals surface area contributed by atoms with E-state index in [4.69, 9.17) is 4.74 Å². The van der Waals surface area contributed by atoms with E-state index < -0.39 is 17.3 Å². The number of methoxy groups -OCH3 is 1. The van der Waals surface area contributed by atoms with Gasteiger partial charge in [0.25, 0.3) is 0 Å². The third kappa shape index (κ3) is 4.43. The molecule has 0 bridgehead atoms. The predicted molar refractivity (Wildman–Crippen MR) is 99.7 cm³/mol. The Hall–Kier alpha value is -3.05. The van der Waals surface area contributed by atoms with Gasteiger partial charge in [0.2, 0.25) is 0 Å². The Balaban J connectivity index is 2.06. The van der Waals surface area contributed by atoms with E-state index in [9.17, 15) is 18.4 Å². The van der Waals surface area contributed by atoms with Crippen molar-refractivity contribution in [3.8, 4) is 23.1 Å². The minimum absolute atomic E-state index is 0.0416. The first-order valence-electron chi connectivity index (χ1n) is 8.11. The van der Waals surface area contributed by atoms with Gasteiger partial charge in [-0.05, 0) is 48.0 Å². The number of aromatic nitrogens is 2. The number of benzene rings is 1. The van der Waals surface area contributed by atoms with Gasteiger partial charge < -0.3 is 4.74 Å². The van der Waals surface area contributed by atoms with E-state index in [2.05, 4.69) is 9.97 Å². The fraction of sp³-hybridized carbons (Fsp3) is 0.150. The zero-order valence-corrected chi connectivity index (χ0v) is 15.5. The fourth-order valence-electron chi connectivity index (χ4n) is 2.50. The Kier molecular flexibility index (Phi) is 5.85. The first-order chi connectivity index (χ1) is 13.4. The molecule has 3 rings (SSSR count). The largest absolute Gasteiger partial charge is 0.497 e. The van der Waals surface area contributed by atoms with Gasteiger partial charge in [0.15, 0.2) is 0 Å². The molecule has 0 aliphatic rings. The number of nitrogens with zero attached hydrogens (tertiary/aromatic N) is 3. The van der Waals surface area contributed by atoms with Gasteiger partial charge in [-0.25, -0.2) is 4.98 Å². The van der Waals surface area contributed by atoms with Crippen molar-refractivity contribution < 1.29 is 17.9 Å². The first-order valence-corrected chi connectivity index (χ1v) is 9.09. The quantitative estimate of drug-likeness (QED) is 0.541. The van der Waals surface area contributed by atoms with E-state index in [0.717, 1.165) is 23.4 Å². The van der Waals surface area contributed by atoms with E-state index in [1.54, 1.807) is 54.9 Å². The van der Waals surface area contributed by atoms with E-state index in [1.165, 1.54) is 7.11 Å². The summed E-state index contributed by atoms with van der Waals surface area (Å²) >= 11 is 1.09. The van der Waals surface area contributed by atoms with Crippen molar-refractivity contribution in [1.82, 2.24) is 9.97 Å². The van der Waals surface area contributed by atoms with Crippen molar-refractivity contribution in [3.63, 3.8) is 0 Å². The van der Waals surface area contributed by atoms with Crippen LogP contribution in [0.5, 0.6) is 5.75 Å². The van der Waals surface area contributed by atoms with Crippen molar-refractivity contribution in [2.24, 2.45) is 0 Å². The fourth-order valence-corrected chi connectivity index (χ4v) is 3.46. The van der Waals surface area contributed by atoms with Crippen LogP contribution in [0.2, 0.25) is 0 Å². The number of thioether (sulfide) groups is 1. The second-order valence-corrected chi connectivity index (χ2v) is 6.68. The number of alkyl halides is 3. The van der Waals surface area contributed by atoms with Crippen LogP contribution in [0.25, 0.3) is 11.3 Å². The van der Waals surface area contributed by atoms with Crippen molar-refractivity contribution in [1.29, 1.82) is 5.26 Å². The molecule has 0 amide bonds. The molecule has 0 aliphatic heterocycles. The number of halogens is 3. The van der Waals surface area contributed by atoms with Crippen LogP contribution in [0.15, 0.2) is 59.9 Å². The van der Waals surface area contributed by atoms with Gasteiger partial charge in [-0.2, -0.15) is 18.4 Å². The Bertz CT molecular complexity index is 1000. The average molecular weight is 401 g/mol. The number of nitriles is 1. The Labute approximate surface area is 164 Å². The van der Waals surface area contributed by atoms with Gasteiger partial charge in [-0.1, -0.05) is 0 Å². The molecule has 0 unspecified atom stereocenters. The summed E-state index contributed by atoms with van der Waals surface area (Å²) in [6, 6.07) is 12.7. The summed E-state index contributed by atoms with van der Waals surface area (Å²) in [5.74, 6) is 0.953. The van der Waals surface area contributed by atoms with Gasteiger partial charge in [0.05, 0.1) is 23.9 Å². The lowest BCUT2D eigenvalue weighted by molar-refractivity contribution is -0.138. The zero-order chi connectivity index (χ0) is 20.1. The zero-order valence-electron chi connectivity index (χ0n) is 14.7. The molecule has 8 heteroatoms. The Morgan fingerprint density at radius 1 is 1.11 bits per heavy atom. The van der Waals surface area contributed by atoms with Gasteiger partial charge >= 0.3 is 6.18 Å². The summed E-state index contributed by atoms with van der Waals surface area (Å²) in [5.41, 5.74) is 0.0544. The molecular weight excluding hydrogens is 387 g/mol. The summed E-state index contributed by atoms with van der Waals surface area (Å²) in [7, 11) is 1.50. The molecule has 2 heterocycles. The summed E-state index contributed by atoms with van der Waals surface area (Å²) in [5, 5.41) is 9.40. The van der Waals surface area contributed by atoms with Gasteiger partial charge in [-0.15, -0.1) is 11.8 Å². The topological polar surface area (TPSA) is 58.8 Å². The lowest BCUT2D eigenvalue weighted by Gasteiger charge is -2.14. The van der Waals surface area contributed by atoms with Crippen molar-refractivity contribution in [2.45, 2.75) is 17.0 Å². The van der Waals surface area contributed by atoms with Crippen LogP contribution >= 0.6 is 11.8 Å². The minimum atomic E-state index is -4.67. The molecule has 0 saturated carbocycles. The van der Waals surface area contributed by atoms with E-state index in [1.807, 2.05) is 0 Å². The second kappa shape index (κ2) is 8.31. The molecule has 0 N–H and O–H groups in total. The molecule has 3 aromatic rings. The molecule has 4 nitrogen and oxygen atoms in total. The highest BCUT2D eigenvalue weighted by molar-refractivity contribution is 7.98. The van der Waals surface area contributed by atoms with Crippen LogP contribution in [0.1, 0.15) is 16.7 Å². The highest BCUT2D eigenvalue weighted by Gasteiger charge is 2.36. The van der Waals surface area contributed by atoms with Crippen LogP contribution in [-0.2, 0) is 11.9 Å². The molecule has 1 aromatic carbocycles. The highest BCUT2D eigenvalue weighted by Crippen LogP contribution is 2.38. The molecular formula is C20H14F3N3OS.